The van der Waals surface area contributed by atoms with Crippen LogP contribution in [0.25, 0.3) is 11.3 Å². The predicted octanol–water partition coefficient (Wildman–Crippen LogP) is 4.10. The normalized spacial score (nSPS) is 15.7. The first-order chi connectivity index (χ1) is 11.1. The van der Waals surface area contributed by atoms with Crippen molar-refractivity contribution in [1.29, 1.82) is 0 Å². The van der Waals surface area contributed by atoms with Crippen LogP contribution in [0, 0.1) is 0 Å². The molecule has 0 radical (unpaired) electrons. The Morgan fingerprint density at radius 1 is 1.09 bits per heavy atom. The second-order valence-corrected chi connectivity index (χ2v) is 6.70. The molecule has 1 aromatic heterocycles. The Morgan fingerprint density at radius 3 is 2.61 bits per heavy atom. The highest BCUT2D eigenvalue weighted by molar-refractivity contribution is 6.42. The van der Waals surface area contributed by atoms with Gasteiger partial charge >= 0.3 is 0 Å². The SMILES string of the molecule is O=c1ccc(-c2ccc(Cl)c(Cl)c2)nn1CNC1CCCCC1. The molecule has 1 N–H and O–H groups in total. The Bertz CT molecular complexity index is 739. The molecule has 0 unspecified atom stereocenters. The minimum Gasteiger partial charge on any atom is -0.295 e. The summed E-state index contributed by atoms with van der Waals surface area (Å²) in [7, 11) is 0. The van der Waals surface area contributed by atoms with Crippen LogP contribution < -0.4 is 10.9 Å². The van der Waals surface area contributed by atoms with Crippen LogP contribution in [-0.4, -0.2) is 15.8 Å². The molecule has 0 atom stereocenters. The van der Waals surface area contributed by atoms with E-state index in [0.717, 1.165) is 5.56 Å². The van der Waals surface area contributed by atoms with E-state index in [1.807, 2.05) is 6.07 Å². The minimum atomic E-state index is -0.114. The van der Waals surface area contributed by atoms with Gasteiger partial charge in [0, 0.05) is 17.7 Å². The van der Waals surface area contributed by atoms with Gasteiger partial charge in [0.2, 0.25) is 0 Å². The summed E-state index contributed by atoms with van der Waals surface area (Å²) >= 11 is 12.0. The number of benzene rings is 1. The van der Waals surface area contributed by atoms with E-state index in [-0.39, 0.29) is 5.56 Å². The van der Waals surface area contributed by atoms with Gasteiger partial charge in [0.05, 0.1) is 22.4 Å². The van der Waals surface area contributed by atoms with Crippen molar-refractivity contribution < 1.29 is 0 Å². The maximum atomic E-state index is 12.0. The fourth-order valence-corrected chi connectivity index (χ4v) is 3.19. The lowest BCUT2D eigenvalue weighted by atomic mass is 9.96. The highest BCUT2D eigenvalue weighted by Crippen LogP contribution is 2.27. The average Bonchev–Trinajstić information content (AvgIpc) is 2.57. The molecule has 1 saturated carbocycles. The second-order valence-electron chi connectivity index (χ2n) is 5.88. The molecule has 0 saturated heterocycles. The first kappa shape index (κ1) is 16.5. The van der Waals surface area contributed by atoms with Gasteiger partial charge in [0.15, 0.2) is 0 Å². The Hall–Kier alpha value is -1.36. The molecule has 0 spiro atoms. The number of nitrogens with zero attached hydrogens (tertiary/aromatic N) is 2. The molecule has 122 valence electrons. The van der Waals surface area contributed by atoms with Gasteiger partial charge in [0.1, 0.15) is 0 Å². The summed E-state index contributed by atoms with van der Waals surface area (Å²) in [5.41, 5.74) is 1.43. The zero-order valence-corrected chi connectivity index (χ0v) is 14.3. The summed E-state index contributed by atoms with van der Waals surface area (Å²) < 4.78 is 1.46. The molecule has 0 amide bonds. The third-order valence-electron chi connectivity index (χ3n) is 4.22. The van der Waals surface area contributed by atoms with Crippen molar-refractivity contribution in [3.63, 3.8) is 0 Å². The van der Waals surface area contributed by atoms with Gasteiger partial charge in [-0.15, -0.1) is 0 Å². The van der Waals surface area contributed by atoms with E-state index in [1.54, 1.807) is 18.2 Å². The summed E-state index contributed by atoms with van der Waals surface area (Å²) in [6.45, 7) is 0.429. The number of aromatic nitrogens is 2. The molecule has 1 heterocycles. The van der Waals surface area contributed by atoms with Gasteiger partial charge in [0.25, 0.3) is 5.56 Å². The molecule has 4 nitrogen and oxygen atoms in total. The molecule has 0 bridgehead atoms. The summed E-state index contributed by atoms with van der Waals surface area (Å²) in [5.74, 6) is 0. The molecule has 6 heteroatoms. The lowest BCUT2D eigenvalue weighted by molar-refractivity contribution is 0.335. The maximum Gasteiger partial charge on any atom is 0.268 e. The minimum absolute atomic E-state index is 0.114. The predicted molar refractivity (Wildman–Crippen MR) is 94.0 cm³/mol. The quantitative estimate of drug-likeness (QED) is 0.901. The zero-order valence-electron chi connectivity index (χ0n) is 12.8. The number of hydrogen-bond acceptors (Lipinski definition) is 3. The summed E-state index contributed by atoms with van der Waals surface area (Å²) in [6.07, 6.45) is 6.15. The van der Waals surface area contributed by atoms with Gasteiger partial charge in [-0.05, 0) is 31.0 Å². The van der Waals surface area contributed by atoms with E-state index in [2.05, 4.69) is 10.4 Å². The number of hydrogen-bond donors (Lipinski definition) is 1. The first-order valence-corrected chi connectivity index (χ1v) is 8.66. The Morgan fingerprint density at radius 2 is 1.87 bits per heavy atom. The Labute approximate surface area is 145 Å². The van der Waals surface area contributed by atoms with Crippen molar-refractivity contribution in [2.45, 2.75) is 44.8 Å². The van der Waals surface area contributed by atoms with Gasteiger partial charge in [-0.25, -0.2) is 4.68 Å². The van der Waals surface area contributed by atoms with E-state index in [4.69, 9.17) is 23.2 Å². The van der Waals surface area contributed by atoms with Crippen molar-refractivity contribution in [3.05, 3.63) is 50.7 Å². The van der Waals surface area contributed by atoms with Crippen LogP contribution in [0.1, 0.15) is 32.1 Å². The maximum absolute atomic E-state index is 12.0. The van der Waals surface area contributed by atoms with E-state index in [0.29, 0.717) is 28.4 Å². The Balaban J connectivity index is 1.78. The lowest BCUT2D eigenvalue weighted by Crippen LogP contribution is -2.37. The van der Waals surface area contributed by atoms with Gasteiger partial charge < -0.3 is 0 Å². The molecule has 1 aliphatic carbocycles. The topological polar surface area (TPSA) is 46.9 Å². The van der Waals surface area contributed by atoms with Gasteiger partial charge in [-0.2, -0.15) is 5.10 Å². The average molecular weight is 352 g/mol. The van der Waals surface area contributed by atoms with Crippen molar-refractivity contribution in [3.8, 4) is 11.3 Å². The van der Waals surface area contributed by atoms with E-state index in [1.165, 1.54) is 42.9 Å². The standard InChI is InChI=1S/C17H19Cl2N3O/c18-14-7-6-12(10-15(14)19)16-8-9-17(23)22(21-16)11-20-13-4-2-1-3-5-13/h6-10,13,20H,1-5,11H2. The third-order valence-corrected chi connectivity index (χ3v) is 4.96. The van der Waals surface area contributed by atoms with Crippen molar-refractivity contribution >= 4 is 23.2 Å². The molecule has 1 fully saturated rings. The number of halogens is 2. The monoisotopic (exact) mass is 351 g/mol. The second kappa shape index (κ2) is 7.47. The van der Waals surface area contributed by atoms with Crippen LogP contribution in [0.5, 0.6) is 0 Å². The first-order valence-electron chi connectivity index (χ1n) is 7.90. The van der Waals surface area contributed by atoms with Gasteiger partial charge in [-0.1, -0.05) is 48.5 Å². The number of nitrogens with one attached hydrogen (secondary N) is 1. The van der Waals surface area contributed by atoms with Gasteiger partial charge in [-0.3, -0.25) is 10.1 Å². The Kier molecular flexibility index (Phi) is 5.36. The highest BCUT2D eigenvalue weighted by Gasteiger charge is 2.13. The molecule has 1 aromatic carbocycles. The number of rotatable bonds is 4. The molecule has 3 rings (SSSR count). The van der Waals surface area contributed by atoms with Crippen molar-refractivity contribution in [2.24, 2.45) is 0 Å². The fraction of sp³-hybridized carbons (Fsp3) is 0.412. The molecule has 0 aliphatic heterocycles. The third kappa shape index (κ3) is 4.14. The summed E-state index contributed by atoms with van der Waals surface area (Å²) in [4.78, 5) is 12.0. The van der Waals surface area contributed by atoms with Crippen LogP contribution in [0.3, 0.4) is 0 Å². The smallest absolute Gasteiger partial charge is 0.268 e. The summed E-state index contributed by atoms with van der Waals surface area (Å²) in [6, 6.07) is 9.06. The highest BCUT2D eigenvalue weighted by atomic mass is 35.5. The zero-order chi connectivity index (χ0) is 16.2. The molecule has 23 heavy (non-hydrogen) atoms. The van der Waals surface area contributed by atoms with E-state index >= 15 is 0 Å². The van der Waals surface area contributed by atoms with Crippen LogP contribution in [0.4, 0.5) is 0 Å². The van der Waals surface area contributed by atoms with Crippen LogP contribution in [0.2, 0.25) is 10.0 Å². The van der Waals surface area contributed by atoms with E-state index < -0.39 is 0 Å². The molecular weight excluding hydrogens is 333 g/mol. The lowest BCUT2D eigenvalue weighted by Gasteiger charge is -2.23. The van der Waals surface area contributed by atoms with E-state index in [9.17, 15) is 4.79 Å². The van der Waals surface area contributed by atoms with Crippen molar-refractivity contribution in [2.75, 3.05) is 0 Å². The molecular formula is C17H19Cl2N3O. The molecule has 2 aromatic rings. The fourth-order valence-electron chi connectivity index (χ4n) is 2.89. The largest absolute Gasteiger partial charge is 0.295 e. The molecule has 1 aliphatic rings. The summed E-state index contributed by atoms with van der Waals surface area (Å²) in [5, 5.41) is 8.85. The van der Waals surface area contributed by atoms with Crippen LogP contribution in [-0.2, 0) is 6.67 Å². The van der Waals surface area contributed by atoms with Crippen LogP contribution in [0.15, 0.2) is 35.1 Å². The van der Waals surface area contributed by atoms with Crippen molar-refractivity contribution in [1.82, 2.24) is 15.1 Å². The van der Waals surface area contributed by atoms with Crippen LogP contribution >= 0.6 is 23.2 Å².